The van der Waals surface area contributed by atoms with Crippen LogP contribution in [0.5, 0.6) is 5.75 Å². The number of sulfone groups is 1. The maximum absolute atomic E-state index is 12.2. The molecule has 0 fully saturated rings. The summed E-state index contributed by atoms with van der Waals surface area (Å²) in [6.07, 6.45) is 0. The first kappa shape index (κ1) is 15.5. The van der Waals surface area contributed by atoms with Crippen molar-refractivity contribution < 1.29 is 17.9 Å². The molecule has 4 nitrogen and oxygen atoms in total. The third-order valence-corrected chi connectivity index (χ3v) is 4.74. The highest BCUT2D eigenvalue weighted by Gasteiger charge is 2.20. The Hall–Kier alpha value is -1.85. The molecule has 0 amide bonds. The lowest BCUT2D eigenvalue weighted by Crippen LogP contribution is -2.16. The molecule has 0 aliphatic carbocycles. The van der Waals surface area contributed by atoms with Crippen LogP contribution in [0.25, 0.3) is 0 Å². The van der Waals surface area contributed by atoms with Gasteiger partial charge in [0.25, 0.3) is 0 Å². The topological polar surface area (TPSA) is 60.4 Å². The molecule has 0 unspecified atom stereocenters. The lowest BCUT2D eigenvalue weighted by atomic mass is 10.1. The molecule has 2 rings (SSSR count). The highest BCUT2D eigenvalue weighted by Crippen LogP contribution is 2.18. The zero-order valence-electron chi connectivity index (χ0n) is 11.2. The summed E-state index contributed by atoms with van der Waals surface area (Å²) in [5, 5.41) is 0.313. The highest BCUT2D eigenvalue weighted by atomic mass is 35.5. The maximum Gasteiger partial charge on any atom is 0.185 e. The van der Waals surface area contributed by atoms with Crippen molar-refractivity contribution in [3.05, 3.63) is 59.1 Å². The molecule has 6 heteroatoms. The van der Waals surface area contributed by atoms with Crippen LogP contribution in [0.3, 0.4) is 0 Å². The van der Waals surface area contributed by atoms with E-state index >= 15 is 0 Å². The molecular weight excluding hydrogens is 312 g/mol. The number of rotatable bonds is 5. The number of Topliss-reactive ketones (excluding diaryl/α,β-unsaturated/α-hetero) is 1. The largest absolute Gasteiger partial charge is 0.497 e. The van der Waals surface area contributed by atoms with Crippen molar-refractivity contribution in [2.75, 3.05) is 12.9 Å². The summed E-state index contributed by atoms with van der Waals surface area (Å²) >= 11 is 5.77. The van der Waals surface area contributed by atoms with E-state index in [1.807, 2.05) is 0 Å². The predicted octanol–water partition coefficient (Wildman–Crippen LogP) is 3.01. The van der Waals surface area contributed by atoms with E-state index in [0.717, 1.165) is 0 Å². The molecule has 2 aromatic rings. The number of carbonyl (C=O) groups is 1. The summed E-state index contributed by atoms with van der Waals surface area (Å²) in [4.78, 5) is 12.1. The summed E-state index contributed by atoms with van der Waals surface area (Å²) in [5.41, 5.74) is 0.321. The van der Waals surface area contributed by atoms with Gasteiger partial charge in [0.1, 0.15) is 11.5 Å². The highest BCUT2D eigenvalue weighted by molar-refractivity contribution is 7.92. The number of methoxy groups -OCH3 is 1. The summed E-state index contributed by atoms with van der Waals surface area (Å²) in [5.74, 6) is -0.471. The first-order valence-electron chi connectivity index (χ1n) is 6.08. The van der Waals surface area contributed by atoms with Crippen molar-refractivity contribution in [1.82, 2.24) is 0 Å². The van der Waals surface area contributed by atoms with Crippen LogP contribution in [0, 0.1) is 0 Å². The number of ketones is 1. The Kier molecular flexibility index (Phi) is 4.65. The molecule has 110 valence electrons. The monoisotopic (exact) mass is 324 g/mol. The Balaban J connectivity index is 2.21. The smallest absolute Gasteiger partial charge is 0.185 e. The molecule has 0 heterocycles. The van der Waals surface area contributed by atoms with Crippen molar-refractivity contribution in [1.29, 1.82) is 0 Å². The zero-order chi connectivity index (χ0) is 15.5. The Labute approximate surface area is 128 Å². The molecule has 0 radical (unpaired) electrons. The molecule has 0 spiro atoms. The summed E-state index contributed by atoms with van der Waals surface area (Å²) in [6.45, 7) is 0. The number of benzene rings is 2. The van der Waals surface area contributed by atoms with E-state index in [9.17, 15) is 13.2 Å². The molecule has 21 heavy (non-hydrogen) atoms. The first-order valence-corrected chi connectivity index (χ1v) is 8.11. The Morgan fingerprint density at radius 1 is 1.14 bits per heavy atom. The van der Waals surface area contributed by atoms with Gasteiger partial charge in [0.05, 0.1) is 12.0 Å². The molecular formula is C15H13ClO4S. The predicted molar refractivity (Wildman–Crippen MR) is 80.8 cm³/mol. The van der Waals surface area contributed by atoms with Crippen LogP contribution < -0.4 is 4.74 Å². The van der Waals surface area contributed by atoms with Gasteiger partial charge in [0, 0.05) is 10.6 Å². The summed E-state index contributed by atoms with van der Waals surface area (Å²) in [7, 11) is -2.20. The lowest BCUT2D eigenvalue weighted by Gasteiger charge is -2.05. The van der Waals surface area contributed by atoms with E-state index in [2.05, 4.69) is 0 Å². The van der Waals surface area contributed by atoms with Crippen LogP contribution in [0.1, 0.15) is 10.4 Å². The van der Waals surface area contributed by atoms with Crippen LogP contribution >= 0.6 is 11.6 Å². The average Bonchev–Trinajstić information content (AvgIpc) is 2.47. The van der Waals surface area contributed by atoms with E-state index in [1.165, 1.54) is 37.4 Å². The molecule has 0 bridgehead atoms. The minimum Gasteiger partial charge on any atom is -0.497 e. The molecule has 0 saturated heterocycles. The molecule has 2 aromatic carbocycles. The van der Waals surface area contributed by atoms with Gasteiger partial charge in [0.15, 0.2) is 15.6 Å². The third-order valence-electron chi connectivity index (χ3n) is 2.89. The van der Waals surface area contributed by atoms with Gasteiger partial charge in [-0.05, 0) is 42.5 Å². The number of hydrogen-bond acceptors (Lipinski definition) is 4. The van der Waals surface area contributed by atoms with E-state index in [-0.39, 0.29) is 4.90 Å². The average molecular weight is 325 g/mol. The van der Waals surface area contributed by atoms with Crippen molar-refractivity contribution in [3.63, 3.8) is 0 Å². The Morgan fingerprint density at radius 3 is 2.38 bits per heavy atom. The number of carbonyl (C=O) groups excluding carboxylic acids is 1. The van der Waals surface area contributed by atoms with Gasteiger partial charge in [-0.15, -0.1) is 0 Å². The maximum atomic E-state index is 12.2. The molecule has 0 N–H and O–H groups in total. The van der Waals surface area contributed by atoms with Gasteiger partial charge in [-0.1, -0.05) is 17.7 Å². The van der Waals surface area contributed by atoms with Gasteiger partial charge in [-0.3, -0.25) is 4.79 Å². The fourth-order valence-electron chi connectivity index (χ4n) is 1.78. The number of hydrogen-bond donors (Lipinski definition) is 0. The van der Waals surface area contributed by atoms with Crippen molar-refractivity contribution in [2.45, 2.75) is 4.90 Å². The fourth-order valence-corrected chi connectivity index (χ4v) is 3.30. The minimum atomic E-state index is -3.71. The van der Waals surface area contributed by atoms with Gasteiger partial charge >= 0.3 is 0 Å². The van der Waals surface area contributed by atoms with Gasteiger partial charge < -0.3 is 4.74 Å². The zero-order valence-corrected chi connectivity index (χ0v) is 12.8. The van der Waals surface area contributed by atoms with E-state index in [4.69, 9.17) is 16.3 Å². The summed E-state index contributed by atoms with van der Waals surface area (Å²) < 4.78 is 29.4. The minimum absolute atomic E-state index is 0.0388. The number of halogens is 1. The first-order chi connectivity index (χ1) is 9.92. The lowest BCUT2D eigenvalue weighted by molar-refractivity contribution is 0.102. The fraction of sp³-hybridized carbons (Fsp3) is 0.133. The van der Waals surface area contributed by atoms with Crippen LogP contribution in [-0.2, 0) is 9.84 Å². The van der Waals surface area contributed by atoms with Crippen LogP contribution in [-0.4, -0.2) is 27.1 Å². The summed E-state index contributed by atoms with van der Waals surface area (Å²) in [6, 6.07) is 12.2. The molecule has 0 aliphatic heterocycles. The normalized spacial score (nSPS) is 11.1. The van der Waals surface area contributed by atoms with E-state index in [0.29, 0.717) is 16.3 Å². The SMILES string of the molecule is COc1ccc(C(=O)CS(=O)(=O)c2cccc(Cl)c2)cc1. The van der Waals surface area contributed by atoms with Gasteiger partial charge in [-0.25, -0.2) is 8.42 Å². The molecule has 0 atom stereocenters. The molecule has 0 saturated carbocycles. The molecule has 0 aromatic heterocycles. The quantitative estimate of drug-likeness (QED) is 0.793. The standard InChI is InChI=1S/C15H13ClO4S/c1-20-13-7-5-11(6-8-13)15(17)10-21(18,19)14-4-2-3-12(16)9-14/h2-9H,10H2,1H3. The Bertz CT molecular complexity index is 751. The molecule has 0 aliphatic rings. The Morgan fingerprint density at radius 2 is 1.81 bits per heavy atom. The van der Waals surface area contributed by atoms with Crippen LogP contribution in [0.15, 0.2) is 53.4 Å². The third kappa shape index (κ3) is 3.83. The van der Waals surface area contributed by atoms with Crippen LogP contribution in [0.4, 0.5) is 0 Å². The van der Waals surface area contributed by atoms with E-state index in [1.54, 1.807) is 18.2 Å². The van der Waals surface area contributed by atoms with Gasteiger partial charge in [-0.2, -0.15) is 0 Å². The number of ether oxygens (including phenoxy) is 1. The van der Waals surface area contributed by atoms with Gasteiger partial charge in [0.2, 0.25) is 0 Å². The second-order valence-electron chi connectivity index (χ2n) is 4.37. The second kappa shape index (κ2) is 6.28. The van der Waals surface area contributed by atoms with Crippen LogP contribution in [0.2, 0.25) is 5.02 Å². The van der Waals surface area contributed by atoms with Crippen molar-refractivity contribution in [3.8, 4) is 5.75 Å². The van der Waals surface area contributed by atoms with E-state index < -0.39 is 21.4 Å². The van der Waals surface area contributed by atoms with Crippen molar-refractivity contribution >= 4 is 27.2 Å². The van der Waals surface area contributed by atoms with Crippen molar-refractivity contribution in [2.24, 2.45) is 0 Å². The second-order valence-corrected chi connectivity index (χ2v) is 6.79.